The second-order valence-electron chi connectivity index (χ2n) is 5.16. The van der Waals surface area contributed by atoms with Gasteiger partial charge >= 0.3 is 0 Å². The molecule has 1 aliphatic rings. The molecule has 1 heterocycles. The summed E-state index contributed by atoms with van der Waals surface area (Å²) in [5.41, 5.74) is -0.363. The summed E-state index contributed by atoms with van der Waals surface area (Å²) < 4.78 is 27.2. The maximum atomic E-state index is 12.4. The highest BCUT2D eigenvalue weighted by molar-refractivity contribution is 7.91. The summed E-state index contributed by atoms with van der Waals surface area (Å²) in [5.74, 6) is 0.318. The molecule has 1 aliphatic carbocycles. The monoisotopic (exact) mass is 352 g/mol. The first-order valence-corrected chi connectivity index (χ1v) is 9.49. The number of sulfonamides is 1. The summed E-state index contributed by atoms with van der Waals surface area (Å²) in [4.78, 5) is 10.1. The molecule has 1 aromatic rings. The van der Waals surface area contributed by atoms with Crippen molar-refractivity contribution in [1.29, 1.82) is 0 Å². The van der Waals surface area contributed by atoms with Crippen molar-refractivity contribution in [2.24, 2.45) is 5.92 Å². The number of halogens is 1. The van der Waals surface area contributed by atoms with Crippen LogP contribution in [0, 0.1) is 16.0 Å². The average Bonchev–Trinajstić information content (AvgIpc) is 2.82. The summed E-state index contributed by atoms with van der Waals surface area (Å²) in [5, 5.41) is 10.8. The number of hydrogen-bond donors (Lipinski definition) is 1. The second kappa shape index (κ2) is 6.60. The first-order chi connectivity index (χ1) is 9.85. The van der Waals surface area contributed by atoms with Gasteiger partial charge in [-0.15, -0.1) is 11.3 Å². The van der Waals surface area contributed by atoms with Gasteiger partial charge in [0.2, 0.25) is 0 Å². The van der Waals surface area contributed by atoms with Gasteiger partial charge in [-0.2, -0.15) is 0 Å². The van der Waals surface area contributed by atoms with E-state index in [-0.39, 0.29) is 20.3 Å². The molecule has 9 heteroatoms. The Morgan fingerprint density at radius 2 is 2.14 bits per heavy atom. The van der Waals surface area contributed by atoms with E-state index < -0.39 is 14.9 Å². The molecule has 2 atom stereocenters. The Labute approximate surface area is 132 Å². The lowest BCUT2D eigenvalue weighted by molar-refractivity contribution is -0.384. The van der Waals surface area contributed by atoms with Crippen LogP contribution in [0.4, 0.5) is 5.69 Å². The van der Waals surface area contributed by atoms with Gasteiger partial charge in [0.05, 0.1) is 4.92 Å². The molecule has 0 saturated heterocycles. The van der Waals surface area contributed by atoms with Crippen LogP contribution < -0.4 is 4.72 Å². The standard InChI is InChI=1S/C12H17ClN2O4S2/c1-2-8-5-3-4-6-9(8)14-21(18,19)11-7-10(15(16)17)12(13)20-11/h7-9,14H,2-6H2,1H3. The van der Waals surface area contributed by atoms with Gasteiger partial charge in [0.1, 0.15) is 4.21 Å². The predicted octanol–water partition coefficient (Wildman–Crippen LogP) is 3.56. The summed E-state index contributed by atoms with van der Waals surface area (Å²) in [6, 6.07) is 0.924. The van der Waals surface area contributed by atoms with E-state index in [1.54, 1.807) is 0 Å². The highest BCUT2D eigenvalue weighted by Gasteiger charge is 2.31. The Morgan fingerprint density at radius 1 is 1.48 bits per heavy atom. The molecule has 1 fully saturated rings. The van der Waals surface area contributed by atoms with Gasteiger partial charge in [-0.1, -0.05) is 37.8 Å². The fourth-order valence-corrected chi connectivity index (χ4v) is 5.72. The number of nitrogens with one attached hydrogen (secondary N) is 1. The third kappa shape index (κ3) is 3.74. The highest BCUT2D eigenvalue weighted by Crippen LogP contribution is 2.37. The quantitative estimate of drug-likeness (QED) is 0.648. The average molecular weight is 353 g/mol. The van der Waals surface area contributed by atoms with Crippen LogP contribution >= 0.6 is 22.9 Å². The molecule has 1 saturated carbocycles. The summed E-state index contributed by atoms with van der Waals surface area (Å²) in [7, 11) is -3.76. The zero-order chi connectivity index (χ0) is 15.6. The van der Waals surface area contributed by atoms with Gasteiger partial charge in [-0.3, -0.25) is 10.1 Å². The van der Waals surface area contributed by atoms with E-state index in [9.17, 15) is 18.5 Å². The number of nitrogens with zero attached hydrogens (tertiary/aromatic N) is 1. The molecule has 0 aromatic carbocycles. The molecule has 1 aromatic heterocycles. The third-order valence-electron chi connectivity index (χ3n) is 3.85. The summed E-state index contributed by atoms with van der Waals surface area (Å²) in [6.45, 7) is 2.05. The zero-order valence-corrected chi connectivity index (χ0v) is 13.9. The Hall–Kier alpha value is -0.700. The minimum atomic E-state index is -3.76. The van der Waals surface area contributed by atoms with E-state index in [1.165, 1.54) is 0 Å². The van der Waals surface area contributed by atoms with E-state index in [2.05, 4.69) is 4.72 Å². The largest absolute Gasteiger partial charge is 0.300 e. The predicted molar refractivity (Wildman–Crippen MR) is 82.3 cm³/mol. The Bertz CT molecular complexity index is 629. The molecule has 0 radical (unpaired) electrons. The minimum absolute atomic E-state index is 0.0976. The van der Waals surface area contributed by atoms with Crippen LogP contribution in [-0.2, 0) is 10.0 Å². The van der Waals surface area contributed by atoms with E-state index >= 15 is 0 Å². The van der Waals surface area contributed by atoms with Crippen molar-refractivity contribution in [3.05, 3.63) is 20.5 Å². The van der Waals surface area contributed by atoms with Crippen molar-refractivity contribution in [3.63, 3.8) is 0 Å². The maximum absolute atomic E-state index is 12.4. The van der Waals surface area contributed by atoms with Crippen molar-refractivity contribution in [2.45, 2.75) is 49.3 Å². The molecule has 2 rings (SSSR count). The van der Waals surface area contributed by atoms with Crippen LogP contribution in [0.15, 0.2) is 10.3 Å². The lowest BCUT2D eigenvalue weighted by Crippen LogP contribution is -2.41. The van der Waals surface area contributed by atoms with E-state index in [0.29, 0.717) is 5.92 Å². The fourth-order valence-electron chi connectivity index (χ4n) is 2.70. The SMILES string of the molecule is CCC1CCCCC1NS(=O)(=O)c1cc([N+](=O)[O-])c(Cl)s1. The molecule has 118 valence electrons. The third-order valence-corrected chi connectivity index (χ3v) is 7.15. The summed E-state index contributed by atoms with van der Waals surface area (Å²) in [6.07, 6.45) is 4.84. The van der Waals surface area contributed by atoms with Crippen molar-refractivity contribution < 1.29 is 13.3 Å². The van der Waals surface area contributed by atoms with Gasteiger partial charge in [0, 0.05) is 12.1 Å². The van der Waals surface area contributed by atoms with Gasteiger partial charge in [0.15, 0.2) is 4.34 Å². The van der Waals surface area contributed by atoms with Crippen LogP contribution in [0.5, 0.6) is 0 Å². The van der Waals surface area contributed by atoms with Gasteiger partial charge in [-0.25, -0.2) is 13.1 Å². The summed E-state index contributed by atoms with van der Waals surface area (Å²) >= 11 is 6.45. The second-order valence-corrected chi connectivity index (χ2v) is 8.76. The molecule has 0 aliphatic heterocycles. The molecule has 21 heavy (non-hydrogen) atoms. The van der Waals surface area contributed by atoms with Gasteiger partial charge in [0.25, 0.3) is 15.7 Å². The van der Waals surface area contributed by atoms with Crippen LogP contribution in [-0.4, -0.2) is 19.4 Å². The minimum Gasteiger partial charge on any atom is -0.258 e. The molecule has 0 bridgehead atoms. The number of nitro groups is 1. The first kappa shape index (κ1) is 16.7. The molecular formula is C12H17ClN2O4S2. The van der Waals surface area contributed by atoms with Crippen LogP contribution in [0.3, 0.4) is 0 Å². The smallest absolute Gasteiger partial charge is 0.258 e. The Kier molecular flexibility index (Phi) is 5.24. The molecule has 1 N–H and O–H groups in total. The van der Waals surface area contributed by atoms with Crippen molar-refractivity contribution in [2.75, 3.05) is 0 Å². The molecule has 0 spiro atoms. The molecule has 2 unspecified atom stereocenters. The zero-order valence-electron chi connectivity index (χ0n) is 11.5. The van der Waals surface area contributed by atoms with Gasteiger partial charge < -0.3 is 0 Å². The van der Waals surface area contributed by atoms with Crippen molar-refractivity contribution in [1.82, 2.24) is 4.72 Å². The molecular weight excluding hydrogens is 336 g/mol. The van der Waals surface area contributed by atoms with Crippen molar-refractivity contribution in [3.8, 4) is 0 Å². The molecule has 0 amide bonds. The Balaban J connectivity index is 2.21. The van der Waals surface area contributed by atoms with E-state index in [0.717, 1.165) is 49.5 Å². The van der Waals surface area contributed by atoms with Gasteiger partial charge in [-0.05, 0) is 18.8 Å². The van der Waals surface area contributed by atoms with E-state index in [4.69, 9.17) is 11.6 Å². The lowest BCUT2D eigenvalue weighted by Gasteiger charge is -2.30. The van der Waals surface area contributed by atoms with Crippen LogP contribution in [0.2, 0.25) is 4.34 Å². The fraction of sp³-hybridized carbons (Fsp3) is 0.667. The molecule has 6 nitrogen and oxygen atoms in total. The topological polar surface area (TPSA) is 89.3 Å². The number of thiophene rings is 1. The number of hydrogen-bond acceptors (Lipinski definition) is 5. The lowest BCUT2D eigenvalue weighted by atomic mass is 9.83. The van der Waals surface area contributed by atoms with E-state index in [1.807, 2.05) is 6.92 Å². The first-order valence-electron chi connectivity index (χ1n) is 6.81. The maximum Gasteiger partial charge on any atom is 0.300 e. The number of rotatable bonds is 5. The Morgan fingerprint density at radius 3 is 2.71 bits per heavy atom. The normalized spacial score (nSPS) is 23.1. The highest BCUT2D eigenvalue weighted by atomic mass is 35.5. The van der Waals surface area contributed by atoms with Crippen molar-refractivity contribution >= 4 is 38.6 Å². The van der Waals surface area contributed by atoms with Crippen LogP contribution in [0.25, 0.3) is 0 Å². The van der Waals surface area contributed by atoms with Crippen LogP contribution in [0.1, 0.15) is 39.0 Å².